The van der Waals surface area contributed by atoms with Gasteiger partial charge in [-0.3, -0.25) is 0 Å². The van der Waals surface area contributed by atoms with Gasteiger partial charge in [0, 0.05) is 23.5 Å². The average molecular weight is 408 g/mol. The number of benzene rings is 2. The molecule has 0 heterocycles. The quantitative estimate of drug-likeness (QED) is 0.626. The molecule has 0 aliphatic rings. The van der Waals surface area contributed by atoms with Crippen molar-refractivity contribution < 1.29 is 14.6 Å². The lowest BCUT2D eigenvalue weighted by Gasteiger charge is -2.17. The number of methoxy groups -OCH3 is 1. The van der Waals surface area contributed by atoms with Crippen molar-refractivity contribution in [3.63, 3.8) is 0 Å². The van der Waals surface area contributed by atoms with Crippen LogP contribution >= 0.6 is 15.9 Å². The van der Waals surface area contributed by atoms with Crippen molar-refractivity contribution >= 4 is 15.9 Å². The fourth-order valence-electron chi connectivity index (χ4n) is 2.50. The summed E-state index contributed by atoms with van der Waals surface area (Å²) in [5.41, 5.74) is 2.31. The van der Waals surface area contributed by atoms with Gasteiger partial charge in [0.05, 0.1) is 20.3 Å². The second-order valence-electron chi connectivity index (χ2n) is 5.85. The Balaban J connectivity index is 2.00. The van der Waals surface area contributed by atoms with E-state index in [9.17, 15) is 5.11 Å². The molecule has 0 saturated heterocycles. The monoisotopic (exact) mass is 407 g/mol. The molecule has 4 nitrogen and oxygen atoms in total. The Morgan fingerprint density at radius 1 is 1.16 bits per heavy atom. The molecule has 2 N–H and O–H groups in total. The zero-order chi connectivity index (χ0) is 18.1. The van der Waals surface area contributed by atoms with Gasteiger partial charge in [0.2, 0.25) is 0 Å². The topological polar surface area (TPSA) is 50.7 Å². The van der Waals surface area contributed by atoms with Gasteiger partial charge in [-0.1, -0.05) is 53.2 Å². The van der Waals surface area contributed by atoms with E-state index in [0.29, 0.717) is 18.9 Å². The summed E-state index contributed by atoms with van der Waals surface area (Å²) in [6, 6.07) is 14.3. The summed E-state index contributed by atoms with van der Waals surface area (Å²) >= 11 is 3.60. The van der Waals surface area contributed by atoms with E-state index in [-0.39, 0.29) is 12.6 Å². The Morgan fingerprint density at radius 2 is 1.92 bits per heavy atom. The molecule has 0 amide bonds. The Bertz CT molecular complexity index is 645. The van der Waals surface area contributed by atoms with Crippen LogP contribution in [-0.2, 0) is 13.0 Å². The minimum Gasteiger partial charge on any atom is -0.493 e. The van der Waals surface area contributed by atoms with Gasteiger partial charge in [-0.05, 0) is 29.7 Å². The molecule has 25 heavy (non-hydrogen) atoms. The van der Waals surface area contributed by atoms with E-state index >= 15 is 0 Å². The Kier molecular flexibility index (Phi) is 8.25. The second-order valence-corrected chi connectivity index (χ2v) is 6.70. The summed E-state index contributed by atoms with van der Waals surface area (Å²) in [5.74, 6) is 1.44. The number of aliphatic hydroxyl groups excluding tert-OH is 1. The van der Waals surface area contributed by atoms with Gasteiger partial charge in [-0.2, -0.15) is 0 Å². The number of halogens is 1. The zero-order valence-electron chi connectivity index (χ0n) is 14.8. The van der Waals surface area contributed by atoms with Gasteiger partial charge in [-0.15, -0.1) is 0 Å². The summed E-state index contributed by atoms with van der Waals surface area (Å²) in [5, 5.41) is 12.6. The summed E-state index contributed by atoms with van der Waals surface area (Å²) in [6.45, 7) is 3.42. The van der Waals surface area contributed by atoms with Crippen LogP contribution < -0.4 is 14.8 Å². The molecular formula is C20H26BrNO3. The van der Waals surface area contributed by atoms with Gasteiger partial charge >= 0.3 is 0 Å². The predicted molar refractivity (Wildman–Crippen MR) is 104 cm³/mol. The summed E-state index contributed by atoms with van der Waals surface area (Å²) < 4.78 is 12.4. The van der Waals surface area contributed by atoms with Crippen LogP contribution in [0.5, 0.6) is 11.5 Å². The van der Waals surface area contributed by atoms with E-state index in [1.54, 1.807) is 7.11 Å². The molecule has 0 bridgehead atoms. The molecule has 0 aromatic heterocycles. The summed E-state index contributed by atoms with van der Waals surface area (Å²) in [6.07, 6.45) is 1.73. The van der Waals surface area contributed by atoms with E-state index in [1.807, 2.05) is 37.3 Å². The smallest absolute Gasteiger partial charge is 0.162 e. The summed E-state index contributed by atoms with van der Waals surface area (Å²) in [4.78, 5) is 0. The minimum atomic E-state index is 0.0969. The normalized spacial score (nSPS) is 12.0. The van der Waals surface area contributed by atoms with Crippen LogP contribution in [-0.4, -0.2) is 31.5 Å². The van der Waals surface area contributed by atoms with Gasteiger partial charge in [0.25, 0.3) is 0 Å². The molecule has 2 rings (SSSR count). The third-order valence-corrected chi connectivity index (χ3v) is 4.86. The molecule has 0 fully saturated rings. The Labute approximate surface area is 158 Å². The molecule has 0 aliphatic carbocycles. The highest BCUT2D eigenvalue weighted by Gasteiger charge is 2.12. The highest BCUT2D eigenvalue weighted by Crippen LogP contribution is 2.33. The predicted octanol–water partition coefficient (Wildman–Crippen LogP) is 3.94. The minimum absolute atomic E-state index is 0.0969. The standard InChI is InChI=1S/C20H26BrNO3/c1-3-17(14-23)22-13-16-11-19(24-2)20(12-18(16)21)25-10-9-15-7-5-4-6-8-15/h4-8,11-12,17,22-23H,3,9-10,13-14H2,1-2H3/t17-/m0/s1. The average Bonchev–Trinajstić information content (AvgIpc) is 2.64. The number of hydrogen-bond donors (Lipinski definition) is 2. The van der Waals surface area contributed by atoms with Crippen molar-refractivity contribution in [3.05, 3.63) is 58.1 Å². The van der Waals surface area contributed by atoms with Crippen LogP contribution in [0.4, 0.5) is 0 Å². The van der Waals surface area contributed by atoms with E-state index in [1.165, 1.54) is 5.56 Å². The lowest BCUT2D eigenvalue weighted by molar-refractivity contribution is 0.238. The summed E-state index contributed by atoms with van der Waals surface area (Å²) in [7, 11) is 1.65. The van der Waals surface area contributed by atoms with Crippen LogP contribution in [0.25, 0.3) is 0 Å². The number of ether oxygens (including phenoxy) is 2. The third kappa shape index (κ3) is 6.03. The van der Waals surface area contributed by atoms with Crippen LogP contribution in [0.1, 0.15) is 24.5 Å². The number of aliphatic hydroxyl groups is 1. The number of rotatable bonds is 10. The maximum Gasteiger partial charge on any atom is 0.162 e. The molecule has 5 heteroatoms. The molecule has 0 unspecified atom stereocenters. The van der Waals surface area contributed by atoms with Crippen molar-refractivity contribution in [2.45, 2.75) is 32.4 Å². The van der Waals surface area contributed by atoms with E-state index in [2.05, 4.69) is 33.4 Å². The Morgan fingerprint density at radius 3 is 2.56 bits per heavy atom. The van der Waals surface area contributed by atoms with Crippen molar-refractivity contribution in [3.8, 4) is 11.5 Å². The van der Waals surface area contributed by atoms with Gasteiger partial charge < -0.3 is 19.9 Å². The maximum atomic E-state index is 9.29. The van der Waals surface area contributed by atoms with Crippen LogP contribution in [0.3, 0.4) is 0 Å². The first-order valence-corrected chi connectivity index (χ1v) is 9.34. The van der Waals surface area contributed by atoms with Gasteiger partial charge in [0.1, 0.15) is 0 Å². The van der Waals surface area contributed by atoms with Crippen LogP contribution in [0.15, 0.2) is 46.9 Å². The molecule has 0 aliphatic heterocycles. The van der Waals surface area contributed by atoms with E-state index < -0.39 is 0 Å². The maximum absolute atomic E-state index is 9.29. The second kappa shape index (κ2) is 10.4. The molecule has 0 spiro atoms. The third-order valence-electron chi connectivity index (χ3n) is 4.12. The first-order chi connectivity index (χ1) is 12.2. The number of nitrogens with one attached hydrogen (secondary N) is 1. The highest BCUT2D eigenvalue weighted by atomic mass is 79.9. The molecule has 136 valence electrons. The molecule has 2 aromatic carbocycles. The molecule has 0 saturated carbocycles. The lowest BCUT2D eigenvalue weighted by atomic mass is 10.1. The first-order valence-electron chi connectivity index (χ1n) is 8.55. The van der Waals surface area contributed by atoms with E-state index in [0.717, 1.165) is 28.6 Å². The lowest BCUT2D eigenvalue weighted by Crippen LogP contribution is -2.31. The van der Waals surface area contributed by atoms with Crippen molar-refractivity contribution in [1.82, 2.24) is 5.32 Å². The van der Waals surface area contributed by atoms with Crippen molar-refractivity contribution in [2.75, 3.05) is 20.3 Å². The fourth-order valence-corrected chi connectivity index (χ4v) is 2.96. The molecule has 0 radical (unpaired) electrons. The molecule has 1 atom stereocenters. The zero-order valence-corrected chi connectivity index (χ0v) is 16.4. The van der Waals surface area contributed by atoms with Crippen molar-refractivity contribution in [2.24, 2.45) is 0 Å². The highest BCUT2D eigenvalue weighted by molar-refractivity contribution is 9.10. The number of hydrogen-bond acceptors (Lipinski definition) is 4. The first kappa shape index (κ1) is 19.8. The van der Waals surface area contributed by atoms with Gasteiger partial charge in [-0.25, -0.2) is 0 Å². The van der Waals surface area contributed by atoms with Crippen molar-refractivity contribution in [1.29, 1.82) is 0 Å². The largest absolute Gasteiger partial charge is 0.493 e. The molecule has 2 aromatic rings. The van der Waals surface area contributed by atoms with E-state index in [4.69, 9.17) is 9.47 Å². The fraction of sp³-hybridized carbons (Fsp3) is 0.400. The molecular weight excluding hydrogens is 382 g/mol. The SMILES string of the molecule is CC[C@@H](CO)NCc1cc(OC)c(OCCc2ccccc2)cc1Br. The van der Waals surface area contributed by atoms with Crippen LogP contribution in [0.2, 0.25) is 0 Å². The Hall–Kier alpha value is -1.56. The van der Waals surface area contributed by atoms with Gasteiger partial charge in [0.15, 0.2) is 11.5 Å². The van der Waals surface area contributed by atoms with Crippen LogP contribution in [0, 0.1) is 0 Å².